The largest absolute Gasteiger partial charge is 0.380 e. The molecule has 86 valence electrons. The number of nitrogens with zero attached hydrogens (tertiary/aromatic N) is 1. The first-order valence-corrected chi connectivity index (χ1v) is 5.87. The van der Waals surface area contributed by atoms with E-state index in [0.29, 0.717) is 6.61 Å². The number of carbonyl (C=O) groups excluding carboxylic acids is 1. The lowest BCUT2D eigenvalue weighted by atomic mass is 9.87. The lowest BCUT2D eigenvalue weighted by Gasteiger charge is -2.36. The minimum Gasteiger partial charge on any atom is -0.380 e. The van der Waals surface area contributed by atoms with E-state index in [9.17, 15) is 4.79 Å². The minimum absolute atomic E-state index is 0.221. The molecule has 0 saturated carbocycles. The van der Waals surface area contributed by atoms with E-state index in [1.54, 1.807) is 0 Å². The Morgan fingerprint density at radius 2 is 2.20 bits per heavy atom. The van der Waals surface area contributed by atoms with Gasteiger partial charge in [0.2, 0.25) is 0 Å². The maximum Gasteiger partial charge on any atom is 0.129 e. The van der Waals surface area contributed by atoms with Crippen LogP contribution in [-0.2, 0) is 9.53 Å². The van der Waals surface area contributed by atoms with Crippen LogP contribution < -0.4 is 0 Å². The summed E-state index contributed by atoms with van der Waals surface area (Å²) in [6, 6.07) is 0. The maximum atomic E-state index is 11.2. The second-order valence-electron chi connectivity index (χ2n) is 5.62. The number of hydrogen-bond acceptors (Lipinski definition) is 3. The van der Waals surface area contributed by atoms with Crippen LogP contribution in [0.2, 0.25) is 0 Å². The summed E-state index contributed by atoms with van der Waals surface area (Å²) < 4.78 is 5.37. The van der Waals surface area contributed by atoms with Gasteiger partial charge in [0, 0.05) is 18.7 Å². The third kappa shape index (κ3) is 2.08. The van der Waals surface area contributed by atoms with Crippen molar-refractivity contribution in [3.63, 3.8) is 0 Å². The molecule has 3 nitrogen and oxygen atoms in total. The molecule has 0 aromatic carbocycles. The Morgan fingerprint density at radius 3 is 2.67 bits per heavy atom. The molecular weight excluding hydrogens is 190 g/mol. The van der Waals surface area contributed by atoms with Gasteiger partial charge in [-0.3, -0.25) is 4.90 Å². The van der Waals surface area contributed by atoms with Crippen molar-refractivity contribution in [2.45, 2.75) is 38.6 Å². The van der Waals surface area contributed by atoms with Gasteiger partial charge in [-0.25, -0.2) is 0 Å². The minimum atomic E-state index is -0.221. The summed E-state index contributed by atoms with van der Waals surface area (Å²) in [6.07, 6.45) is 4.50. The van der Waals surface area contributed by atoms with Crippen LogP contribution in [0.5, 0.6) is 0 Å². The summed E-state index contributed by atoms with van der Waals surface area (Å²) in [5, 5.41) is 0. The normalized spacial score (nSPS) is 35.9. The summed E-state index contributed by atoms with van der Waals surface area (Å²) in [4.78, 5) is 13.7. The van der Waals surface area contributed by atoms with E-state index in [1.807, 2.05) is 0 Å². The van der Waals surface area contributed by atoms with E-state index in [0.717, 1.165) is 32.4 Å². The number of carbonyl (C=O) groups is 1. The van der Waals surface area contributed by atoms with Crippen LogP contribution in [0.25, 0.3) is 0 Å². The van der Waals surface area contributed by atoms with Gasteiger partial charge in [0.1, 0.15) is 6.29 Å². The zero-order valence-corrected chi connectivity index (χ0v) is 9.79. The average Bonchev–Trinajstić information content (AvgIpc) is 2.76. The standard InChI is InChI=1S/C12H21NO2/c1-11(2)4-3-6-13(11)8-12(9-14)5-7-15-10-12/h9H,3-8,10H2,1-2H3. The van der Waals surface area contributed by atoms with Crippen molar-refractivity contribution in [1.82, 2.24) is 4.90 Å². The molecule has 2 rings (SSSR count). The van der Waals surface area contributed by atoms with Crippen LogP contribution in [0, 0.1) is 5.41 Å². The van der Waals surface area contributed by atoms with Gasteiger partial charge < -0.3 is 9.53 Å². The topological polar surface area (TPSA) is 29.5 Å². The Labute approximate surface area is 91.8 Å². The molecule has 2 aliphatic rings. The zero-order chi connectivity index (χ0) is 10.9. The Kier molecular flexibility index (Phi) is 2.86. The van der Waals surface area contributed by atoms with Gasteiger partial charge in [0.05, 0.1) is 12.0 Å². The average molecular weight is 211 g/mol. The molecule has 0 aromatic heterocycles. The summed E-state index contributed by atoms with van der Waals surface area (Å²) in [7, 11) is 0. The van der Waals surface area contributed by atoms with Gasteiger partial charge in [-0.1, -0.05) is 0 Å². The fourth-order valence-electron chi connectivity index (χ4n) is 2.71. The number of likely N-dealkylation sites (tertiary alicyclic amines) is 1. The molecule has 2 aliphatic heterocycles. The van der Waals surface area contributed by atoms with Crippen LogP contribution >= 0.6 is 0 Å². The van der Waals surface area contributed by atoms with Gasteiger partial charge >= 0.3 is 0 Å². The van der Waals surface area contributed by atoms with Crippen molar-refractivity contribution in [2.75, 3.05) is 26.3 Å². The van der Waals surface area contributed by atoms with Crippen LogP contribution in [0.1, 0.15) is 33.1 Å². The van der Waals surface area contributed by atoms with Crippen molar-refractivity contribution in [2.24, 2.45) is 5.41 Å². The molecule has 3 heteroatoms. The van der Waals surface area contributed by atoms with Gasteiger partial charge in [-0.05, 0) is 39.7 Å². The van der Waals surface area contributed by atoms with Crippen molar-refractivity contribution in [3.8, 4) is 0 Å². The van der Waals surface area contributed by atoms with Crippen LogP contribution in [-0.4, -0.2) is 43.0 Å². The smallest absolute Gasteiger partial charge is 0.129 e. The first-order valence-electron chi connectivity index (χ1n) is 5.87. The highest BCUT2D eigenvalue weighted by atomic mass is 16.5. The number of rotatable bonds is 3. The molecule has 15 heavy (non-hydrogen) atoms. The third-order valence-corrected chi connectivity index (χ3v) is 3.96. The molecule has 2 heterocycles. The van der Waals surface area contributed by atoms with Gasteiger partial charge in [-0.2, -0.15) is 0 Å². The van der Waals surface area contributed by atoms with E-state index in [-0.39, 0.29) is 11.0 Å². The zero-order valence-electron chi connectivity index (χ0n) is 9.79. The molecule has 2 saturated heterocycles. The molecule has 1 unspecified atom stereocenters. The Balaban J connectivity index is 2.03. The monoisotopic (exact) mass is 211 g/mol. The van der Waals surface area contributed by atoms with Crippen LogP contribution in [0.15, 0.2) is 0 Å². The summed E-state index contributed by atoms with van der Waals surface area (Å²) in [5.41, 5.74) is 0.0419. The molecule has 0 amide bonds. The summed E-state index contributed by atoms with van der Waals surface area (Å²) in [5.74, 6) is 0. The van der Waals surface area contributed by atoms with Gasteiger partial charge in [0.25, 0.3) is 0 Å². The molecular formula is C12H21NO2. The molecule has 0 spiro atoms. The number of hydrogen-bond donors (Lipinski definition) is 0. The molecule has 0 bridgehead atoms. The fourth-order valence-corrected chi connectivity index (χ4v) is 2.71. The molecule has 0 aliphatic carbocycles. The lowest BCUT2D eigenvalue weighted by Crippen LogP contribution is -2.46. The van der Waals surface area contributed by atoms with E-state index < -0.39 is 0 Å². The quantitative estimate of drug-likeness (QED) is 0.662. The molecule has 1 atom stereocenters. The highest BCUT2D eigenvalue weighted by Crippen LogP contribution is 2.34. The number of ether oxygens (including phenoxy) is 1. The third-order valence-electron chi connectivity index (χ3n) is 3.96. The Morgan fingerprint density at radius 1 is 1.40 bits per heavy atom. The van der Waals surface area contributed by atoms with E-state index >= 15 is 0 Å². The lowest BCUT2D eigenvalue weighted by molar-refractivity contribution is -0.117. The molecule has 0 radical (unpaired) electrons. The molecule has 0 aromatic rings. The van der Waals surface area contributed by atoms with Crippen molar-refractivity contribution in [3.05, 3.63) is 0 Å². The summed E-state index contributed by atoms with van der Waals surface area (Å²) >= 11 is 0. The first kappa shape index (κ1) is 11.1. The molecule has 0 N–H and O–H groups in total. The van der Waals surface area contributed by atoms with Crippen LogP contribution in [0.3, 0.4) is 0 Å². The summed E-state index contributed by atoms with van der Waals surface area (Å²) in [6.45, 7) is 7.91. The predicted molar refractivity (Wildman–Crippen MR) is 58.8 cm³/mol. The van der Waals surface area contributed by atoms with E-state index in [1.165, 1.54) is 12.8 Å². The van der Waals surface area contributed by atoms with Crippen molar-refractivity contribution >= 4 is 6.29 Å². The van der Waals surface area contributed by atoms with Gasteiger partial charge in [0.15, 0.2) is 0 Å². The maximum absolute atomic E-state index is 11.2. The van der Waals surface area contributed by atoms with Crippen molar-refractivity contribution < 1.29 is 9.53 Å². The highest BCUT2D eigenvalue weighted by molar-refractivity contribution is 5.60. The number of aldehydes is 1. The Bertz CT molecular complexity index is 244. The van der Waals surface area contributed by atoms with E-state index in [2.05, 4.69) is 18.7 Å². The fraction of sp³-hybridized carbons (Fsp3) is 0.917. The second kappa shape index (κ2) is 3.87. The van der Waals surface area contributed by atoms with Gasteiger partial charge in [-0.15, -0.1) is 0 Å². The van der Waals surface area contributed by atoms with E-state index in [4.69, 9.17) is 4.74 Å². The predicted octanol–water partition coefficient (Wildman–Crippen LogP) is 1.47. The SMILES string of the molecule is CC1(C)CCCN1CC1(C=O)CCOC1. The second-order valence-corrected chi connectivity index (χ2v) is 5.62. The van der Waals surface area contributed by atoms with Crippen LogP contribution in [0.4, 0.5) is 0 Å². The molecule has 2 fully saturated rings. The first-order chi connectivity index (χ1) is 7.08. The Hall–Kier alpha value is -0.410. The highest BCUT2D eigenvalue weighted by Gasteiger charge is 2.41. The van der Waals surface area contributed by atoms with Crippen molar-refractivity contribution in [1.29, 1.82) is 0 Å².